The van der Waals surface area contributed by atoms with Crippen LogP contribution >= 0.6 is 0 Å². The second-order valence-corrected chi connectivity index (χ2v) is 3.52. The summed E-state index contributed by atoms with van der Waals surface area (Å²) in [7, 11) is 0. The summed E-state index contributed by atoms with van der Waals surface area (Å²) in [6.45, 7) is 0. The molecule has 1 heteroatoms. The van der Waals surface area contributed by atoms with Gasteiger partial charge in [0.2, 0.25) is 0 Å². The molecule has 0 N–H and O–H groups in total. The average molecular weight is 172 g/mol. The van der Waals surface area contributed by atoms with Crippen LogP contribution in [0.25, 0.3) is 0 Å². The van der Waals surface area contributed by atoms with Gasteiger partial charge in [-0.3, -0.25) is 4.79 Å². The van der Waals surface area contributed by atoms with Crippen LogP contribution in [0.15, 0.2) is 42.5 Å². The van der Waals surface area contributed by atoms with Gasteiger partial charge in [-0.15, -0.1) is 0 Å². The van der Waals surface area contributed by atoms with Crippen molar-refractivity contribution in [2.75, 3.05) is 0 Å². The Bertz CT molecular complexity index is 320. The summed E-state index contributed by atoms with van der Waals surface area (Å²) in [6, 6.07) is 10.4. The molecule has 0 aliphatic heterocycles. The van der Waals surface area contributed by atoms with Crippen LogP contribution in [0.4, 0.5) is 0 Å². The number of hydrogen-bond donors (Lipinski definition) is 0. The Morgan fingerprint density at radius 3 is 2.38 bits per heavy atom. The van der Waals surface area contributed by atoms with Crippen molar-refractivity contribution in [2.45, 2.75) is 18.3 Å². The molecule has 1 aliphatic rings. The highest BCUT2D eigenvalue weighted by molar-refractivity contribution is 5.65. The quantitative estimate of drug-likeness (QED) is 0.505. The van der Waals surface area contributed by atoms with Crippen LogP contribution in [0.3, 0.4) is 0 Å². The summed E-state index contributed by atoms with van der Waals surface area (Å²) in [6.07, 6.45) is 6.82. The second kappa shape index (κ2) is 3.17. The minimum Gasteiger partial charge on any atom is -0.299 e. The van der Waals surface area contributed by atoms with Crippen molar-refractivity contribution in [3.63, 3.8) is 0 Å². The second-order valence-electron chi connectivity index (χ2n) is 3.52. The van der Waals surface area contributed by atoms with E-state index >= 15 is 0 Å². The number of hydrogen-bond acceptors (Lipinski definition) is 1. The molecule has 0 spiro atoms. The topological polar surface area (TPSA) is 17.1 Å². The van der Waals surface area contributed by atoms with Gasteiger partial charge < -0.3 is 0 Å². The molecule has 0 bridgehead atoms. The first kappa shape index (κ1) is 8.24. The average Bonchev–Trinajstić information content (AvgIpc) is 2.97. The molecule has 13 heavy (non-hydrogen) atoms. The first-order valence-electron chi connectivity index (χ1n) is 4.56. The van der Waals surface area contributed by atoms with E-state index in [1.165, 1.54) is 18.4 Å². The van der Waals surface area contributed by atoms with Crippen molar-refractivity contribution in [2.24, 2.45) is 0 Å². The molecule has 0 atom stereocenters. The molecule has 1 aromatic rings. The van der Waals surface area contributed by atoms with Gasteiger partial charge in [0.15, 0.2) is 0 Å². The summed E-state index contributed by atoms with van der Waals surface area (Å²) in [5.41, 5.74) is 1.51. The van der Waals surface area contributed by atoms with Gasteiger partial charge >= 0.3 is 0 Å². The fraction of sp³-hybridized carbons (Fsp3) is 0.250. The Labute approximate surface area is 78.1 Å². The molecule has 0 heterocycles. The van der Waals surface area contributed by atoms with E-state index in [1.54, 1.807) is 6.08 Å². The number of aldehydes is 1. The molecular weight excluding hydrogens is 160 g/mol. The number of allylic oxidation sites excluding steroid dienone is 2. The summed E-state index contributed by atoms with van der Waals surface area (Å²) in [5, 5.41) is 0. The van der Waals surface area contributed by atoms with Crippen molar-refractivity contribution < 1.29 is 4.79 Å². The third kappa shape index (κ3) is 1.55. The van der Waals surface area contributed by atoms with Crippen molar-refractivity contribution >= 4 is 6.29 Å². The van der Waals surface area contributed by atoms with Gasteiger partial charge in [0.05, 0.1) is 0 Å². The molecule has 0 amide bonds. The van der Waals surface area contributed by atoms with E-state index in [2.05, 4.69) is 12.1 Å². The lowest BCUT2D eigenvalue weighted by Gasteiger charge is -2.08. The number of rotatable bonds is 3. The minimum absolute atomic E-state index is 0.183. The summed E-state index contributed by atoms with van der Waals surface area (Å²) < 4.78 is 0. The highest BCUT2D eigenvalue weighted by Crippen LogP contribution is 2.49. The molecule has 1 aliphatic carbocycles. The molecule has 0 saturated heterocycles. The SMILES string of the molecule is O=C/C=C/C1(c2ccccc2)CC1. The van der Waals surface area contributed by atoms with Crippen LogP contribution in [0, 0.1) is 0 Å². The molecule has 1 saturated carbocycles. The van der Waals surface area contributed by atoms with Crippen molar-refractivity contribution in [1.82, 2.24) is 0 Å². The molecule has 0 radical (unpaired) electrons. The van der Waals surface area contributed by atoms with E-state index in [4.69, 9.17) is 0 Å². The zero-order valence-electron chi connectivity index (χ0n) is 7.44. The zero-order chi connectivity index (χ0) is 9.15. The van der Waals surface area contributed by atoms with Crippen molar-refractivity contribution in [3.05, 3.63) is 48.0 Å². The minimum atomic E-state index is 0.183. The lowest BCUT2D eigenvalue weighted by Crippen LogP contribution is -2.01. The van der Waals surface area contributed by atoms with Gasteiger partial charge in [-0.1, -0.05) is 36.4 Å². The highest BCUT2D eigenvalue weighted by Gasteiger charge is 2.41. The summed E-state index contributed by atoms with van der Waals surface area (Å²) >= 11 is 0. The first-order chi connectivity index (χ1) is 6.37. The number of carbonyl (C=O) groups is 1. The lowest BCUT2D eigenvalue weighted by atomic mass is 9.96. The Kier molecular flexibility index (Phi) is 2.01. The van der Waals surface area contributed by atoms with E-state index in [1.807, 2.05) is 24.3 Å². The molecule has 1 aromatic carbocycles. The van der Waals surface area contributed by atoms with Gasteiger partial charge in [-0.2, -0.15) is 0 Å². The number of benzene rings is 1. The molecule has 1 fully saturated rings. The lowest BCUT2D eigenvalue weighted by molar-refractivity contribution is -0.104. The van der Waals surface area contributed by atoms with Crippen LogP contribution < -0.4 is 0 Å². The normalized spacial score (nSPS) is 18.8. The van der Waals surface area contributed by atoms with Crippen LogP contribution in [0.2, 0.25) is 0 Å². The maximum absolute atomic E-state index is 10.2. The largest absolute Gasteiger partial charge is 0.299 e. The van der Waals surface area contributed by atoms with E-state index in [9.17, 15) is 4.79 Å². The zero-order valence-corrected chi connectivity index (χ0v) is 7.44. The van der Waals surface area contributed by atoms with E-state index in [0.29, 0.717) is 0 Å². The van der Waals surface area contributed by atoms with Gasteiger partial charge in [0.25, 0.3) is 0 Å². The Hall–Kier alpha value is -1.37. The van der Waals surface area contributed by atoms with Crippen LogP contribution in [0.5, 0.6) is 0 Å². The van der Waals surface area contributed by atoms with Gasteiger partial charge in [0, 0.05) is 5.41 Å². The standard InChI is InChI=1S/C12H12O/c13-10-4-7-12(8-9-12)11-5-2-1-3-6-11/h1-7,10H,8-9H2/b7-4+. The van der Waals surface area contributed by atoms with Crippen molar-refractivity contribution in [1.29, 1.82) is 0 Å². The summed E-state index contributed by atoms with van der Waals surface area (Å²) in [5.74, 6) is 0. The fourth-order valence-corrected chi connectivity index (χ4v) is 1.68. The maximum Gasteiger partial charge on any atom is 0.142 e. The predicted octanol–water partition coefficient (Wildman–Crippen LogP) is 2.47. The van der Waals surface area contributed by atoms with Crippen molar-refractivity contribution in [3.8, 4) is 0 Å². The summed E-state index contributed by atoms with van der Waals surface area (Å²) in [4.78, 5) is 10.2. The van der Waals surface area contributed by atoms with Crippen LogP contribution in [-0.2, 0) is 10.2 Å². The molecule has 0 aromatic heterocycles. The highest BCUT2D eigenvalue weighted by atomic mass is 16.1. The fourth-order valence-electron chi connectivity index (χ4n) is 1.68. The monoisotopic (exact) mass is 172 g/mol. The van der Waals surface area contributed by atoms with Crippen LogP contribution in [-0.4, -0.2) is 6.29 Å². The Morgan fingerprint density at radius 2 is 1.85 bits per heavy atom. The third-order valence-corrected chi connectivity index (χ3v) is 2.63. The molecule has 1 nitrogen and oxygen atoms in total. The van der Waals surface area contributed by atoms with E-state index < -0.39 is 0 Å². The van der Waals surface area contributed by atoms with Gasteiger partial charge in [0.1, 0.15) is 6.29 Å². The van der Waals surface area contributed by atoms with Gasteiger partial charge in [-0.25, -0.2) is 0 Å². The Balaban J connectivity index is 2.26. The van der Waals surface area contributed by atoms with E-state index in [-0.39, 0.29) is 5.41 Å². The first-order valence-corrected chi connectivity index (χ1v) is 4.56. The molecular formula is C12H12O. The van der Waals surface area contributed by atoms with Crippen LogP contribution in [0.1, 0.15) is 18.4 Å². The molecule has 2 rings (SSSR count). The predicted molar refractivity (Wildman–Crippen MR) is 52.6 cm³/mol. The molecule has 0 unspecified atom stereocenters. The Morgan fingerprint density at radius 1 is 1.15 bits per heavy atom. The van der Waals surface area contributed by atoms with E-state index in [0.717, 1.165) is 6.29 Å². The maximum atomic E-state index is 10.2. The smallest absolute Gasteiger partial charge is 0.142 e. The van der Waals surface area contributed by atoms with Gasteiger partial charge in [-0.05, 0) is 24.5 Å². The third-order valence-electron chi connectivity index (χ3n) is 2.63. The molecule has 66 valence electrons. The number of carbonyl (C=O) groups excluding carboxylic acids is 1.